The number of benzene rings is 2. The molecule has 2 aromatic rings. The third-order valence-corrected chi connectivity index (χ3v) is 4.34. The molecule has 1 atom stereocenters. The molecule has 0 heterocycles. The average Bonchev–Trinajstić information content (AvgIpc) is 2.53. The summed E-state index contributed by atoms with van der Waals surface area (Å²) in [4.78, 5) is 11.1. The summed E-state index contributed by atoms with van der Waals surface area (Å²) in [6.45, 7) is 0.557. The van der Waals surface area contributed by atoms with Gasteiger partial charge in [-0.1, -0.05) is 41.9 Å². The number of aldehydes is 1. The van der Waals surface area contributed by atoms with Crippen LogP contribution in [0.2, 0.25) is 5.02 Å². The van der Waals surface area contributed by atoms with Crippen molar-refractivity contribution in [3.63, 3.8) is 0 Å². The summed E-state index contributed by atoms with van der Waals surface area (Å²) in [7, 11) is 0. The number of rotatable bonds is 4. The summed E-state index contributed by atoms with van der Waals surface area (Å²) in [6.07, 6.45) is 4.21. The van der Waals surface area contributed by atoms with E-state index in [1.54, 1.807) is 18.2 Å². The van der Waals surface area contributed by atoms with Crippen molar-refractivity contribution in [2.24, 2.45) is 0 Å². The largest absolute Gasteiger partial charge is 0.491 e. The predicted molar refractivity (Wildman–Crippen MR) is 84.5 cm³/mol. The molecule has 2 nitrogen and oxygen atoms in total. The first-order chi connectivity index (χ1) is 10.3. The quantitative estimate of drug-likeness (QED) is 0.768. The number of halogens is 1. The smallest absolute Gasteiger partial charge is 0.153 e. The number of aryl methyl sites for hydroxylation is 1. The summed E-state index contributed by atoms with van der Waals surface area (Å²) >= 11 is 6.14. The monoisotopic (exact) mass is 300 g/mol. The van der Waals surface area contributed by atoms with E-state index in [-0.39, 0.29) is 0 Å². The zero-order valence-corrected chi connectivity index (χ0v) is 12.5. The maximum Gasteiger partial charge on any atom is 0.153 e. The van der Waals surface area contributed by atoms with E-state index < -0.39 is 0 Å². The molecule has 0 radical (unpaired) electrons. The Morgan fingerprint density at radius 2 is 2.05 bits per heavy atom. The second kappa shape index (κ2) is 6.31. The third-order valence-electron chi connectivity index (χ3n) is 4.05. The van der Waals surface area contributed by atoms with Gasteiger partial charge in [0.1, 0.15) is 5.75 Å². The van der Waals surface area contributed by atoms with E-state index in [4.69, 9.17) is 16.3 Å². The number of para-hydroxylation sites is 1. The van der Waals surface area contributed by atoms with Crippen LogP contribution in [-0.2, 0) is 6.42 Å². The second-order valence-electron chi connectivity index (χ2n) is 5.38. The Balaban J connectivity index is 1.79. The molecule has 1 unspecified atom stereocenters. The summed E-state index contributed by atoms with van der Waals surface area (Å²) in [5.41, 5.74) is 3.28. The second-order valence-corrected chi connectivity index (χ2v) is 5.78. The van der Waals surface area contributed by atoms with Crippen molar-refractivity contribution >= 4 is 17.9 Å². The van der Waals surface area contributed by atoms with Crippen molar-refractivity contribution in [1.29, 1.82) is 0 Å². The third kappa shape index (κ3) is 2.96. The van der Waals surface area contributed by atoms with Gasteiger partial charge in [0.05, 0.1) is 17.2 Å². The molecular formula is C18H17ClO2. The minimum atomic E-state index is 0.366. The van der Waals surface area contributed by atoms with E-state index in [0.717, 1.165) is 19.1 Å². The number of carbonyl (C=O) groups excluding carboxylic acids is 1. The average molecular weight is 301 g/mol. The minimum absolute atomic E-state index is 0.366. The standard InChI is InChI=1S/C18H17ClO2/c19-17-10-4-7-14(11-20)18(17)21-12-15-8-3-6-13-5-1-2-9-16(13)15/h1-2,4-5,7,9-11,15H,3,6,8,12H2. The van der Waals surface area contributed by atoms with Gasteiger partial charge >= 0.3 is 0 Å². The lowest BCUT2D eigenvalue weighted by Gasteiger charge is -2.25. The van der Waals surface area contributed by atoms with E-state index in [2.05, 4.69) is 24.3 Å². The maximum atomic E-state index is 11.1. The minimum Gasteiger partial charge on any atom is -0.491 e. The Labute approximate surface area is 129 Å². The Morgan fingerprint density at radius 1 is 1.19 bits per heavy atom. The number of carbonyl (C=O) groups is 1. The van der Waals surface area contributed by atoms with Gasteiger partial charge in [-0.25, -0.2) is 0 Å². The van der Waals surface area contributed by atoms with Crippen LogP contribution in [0.25, 0.3) is 0 Å². The molecule has 0 saturated heterocycles. The normalized spacial score (nSPS) is 17.1. The van der Waals surface area contributed by atoms with Crippen molar-refractivity contribution in [3.05, 3.63) is 64.2 Å². The number of hydrogen-bond acceptors (Lipinski definition) is 2. The van der Waals surface area contributed by atoms with Crippen molar-refractivity contribution < 1.29 is 9.53 Å². The van der Waals surface area contributed by atoms with E-state index in [1.807, 2.05) is 0 Å². The van der Waals surface area contributed by atoms with Crippen LogP contribution in [0.1, 0.15) is 40.2 Å². The molecule has 0 bridgehead atoms. The van der Waals surface area contributed by atoms with Crippen LogP contribution in [0.4, 0.5) is 0 Å². The van der Waals surface area contributed by atoms with Crippen LogP contribution in [0.15, 0.2) is 42.5 Å². The Bertz CT molecular complexity index is 651. The van der Waals surface area contributed by atoms with Crippen LogP contribution >= 0.6 is 11.6 Å². The first-order valence-electron chi connectivity index (χ1n) is 7.24. The molecule has 1 aliphatic carbocycles. The van der Waals surface area contributed by atoms with Crippen LogP contribution in [0.3, 0.4) is 0 Å². The summed E-state index contributed by atoms with van der Waals surface area (Å²) in [6, 6.07) is 13.8. The summed E-state index contributed by atoms with van der Waals surface area (Å²) in [5, 5.41) is 0.490. The number of fused-ring (bicyclic) bond motifs is 1. The van der Waals surface area contributed by atoms with Crippen LogP contribution in [-0.4, -0.2) is 12.9 Å². The van der Waals surface area contributed by atoms with E-state index in [9.17, 15) is 4.79 Å². The van der Waals surface area contributed by atoms with Gasteiger partial charge in [0, 0.05) is 5.92 Å². The fourth-order valence-corrected chi connectivity index (χ4v) is 3.22. The topological polar surface area (TPSA) is 26.3 Å². The molecule has 0 N–H and O–H groups in total. The highest BCUT2D eigenvalue weighted by Crippen LogP contribution is 2.34. The predicted octanol–water partition coefficient (Wildman–Crippen LogP) is 4.65. The molecule has 108 valence electrons. The van der Waals surface area contributed by atoms with Gasteiger partial charge in [-0.15, -0.1) is 0 Å². The lowest BCUT2D eigenvalue weighted by atomic mass is 9.83. The molecule has 0 fully saturated rings. The first kappa shape index (κ1) is 14.2. The summed E-state index contributed by atoms with van der Waals surface area (Å²) in [5.74, 6) is 0.864. The molecule has 3 rings (SSSR count). The van der Waals surface area contributed by atoms with Crippen LogP contribution in [0, 0.1) is 0 Å². The van der Waals surface area contributed by atoms with Gasteiger partial charge in [0.15, 0.2) is 6.29 Å². The zero-order valence-electron chi connectivity index (χ0n) is 11.7. The molecule has 0 aromatic heterocycles. The van der Waals surface area contributed by atoms with Gasteiger partial charge in [-0.2, -0.15) is 0 Å². The number of hydrogen-bond donors (Lipinski definition) is 0. The molecular weight excluding hydrogens is 284 g/mol. The molecule has 1 aliphatic rings. The van der Waals surface area contributed by atoms with E-state index in [1.165, 1.54) is 17.5 Å². The van der Waals surface area contributed by atoms with Gasteiger partial charge in [-0.05, 0) is 42.5 Å². The maximum absolute atomic E-state index is 11.1. The van der Waals surface area contributed by atoms with Crippen molar-refractivity contribution in [2.75, 3.05) is 6.61 Å². The summed E-state index contributed by atoms with van der Waals surface area (Å²) < 4.78 is 5.89. The van der Waals surface area contributed by atoms with Gasteiger partial charge < -0.3 is 4.74 Å². The molecule has 2 aromatic carbocycles. The van der Waals surface area contributed by atoms with Crippen molar-refractivity contribution in [1.82, 2.24) is 0 Å². The zero-order chi connectivity index (χ0) is 14.7. The fourth-order valence-electron chi connectivity index (χ4n) is 2.98. The van der Waals surface area contributed by atoms with E-state index >= 15 is 0 Å². The van der Waals surface area contributed by atoms with Gasteiger partial charge in [-0.3, -0.25) is 4.79 Å². The molecule has 0 spiro atoms. The van der Waals surface area contributed by atoms with Crippen molar-refractivity contribution in [3.8, 4) is 5.75 Å². The molecule has 3 heteroatoms. The molecule has 21 heavy (non-hydrogen) atoms. The Morgan fingerprint density at radius 3 is 2.90 bits per heavy atom. The highest BCUT2D eigenvalue weighted by Gasteiger charge is 2.21. The van der Waals surface area contributed by atoms with Gasteiger partial charge in [0.25, 0.3) is 0 Å². The lowest BCUT2D eigenvalue weighted by molar-refractivity contribution is 0.111. The molecule has 0 aliphatic heterocycles. The molecule has 0 amide bonds. The SMILES string of the molecule is O=Cc1cccc(Cl)c1OCC1CCCc2ccccc21. The Hall–Kier alpha value is -1.80. The number of ether oxygens (including phenoxy) is 1. The van der Waals surface area contributed by atoms with Gasteiger partial charge in [0.2, 0.25) is 0 Å². The highest BCUT2D eigenvalue weighted by molar-refractivity contribution is 6.32. The van der Waals surface area contributed by atoms with Crippen molar-refractivity contribution in [2.45, 2.75) is 25.2 Å². The van der Waals surface area contributed by atoms with E-state index in [0.29, 0.717) is 28.9 Å². The van der Waals surface area contributed by atoms with Crippen LogP contribution < -0.4 is 4.74 Å². The van der Waals surface area contributed by atoms with Crippen LogP contribution in [0.5, 0.6) is 5.75 Å². The molecule has 0 saturated carbocycles. The first-order valence-corrected chi connectivity index (χ1v) is 7.61. The lowest BCUT2D eigenvalue weighted by Crippen LogP contribution is -2.17. The highest BCUT2D eigenvalue weighted by atomic mass is 35.5. The fraction of sp³-hybridized carbons (Fsp3) is 0.278. The Kier molecular flexibility index (Phi) is 4.26.